The number of benzene rings is 2. The third-order valence-electron chi connectivity index (χ3n) is 8.55. The molecular formula is C29H28Cl2FN5O4. The van der Waals surface area contributed by atoms with Crippen LogP contribution in [0.2, 0.25) is 10.0 Å². The molecule has 1 spiro atoms. The van der Waals surface area contributed by atoms with Gasteiger partial charge in [-0.25, -0.2) is 14.2 Å². The average Bonchev–Trinajstić information content (AvgIpc) is 3.60. The molecule has 2 aromatic heterocycles. The fraction of sp³-hybridized carbons (Fsp3) is 0.414. The summed E-state index contributed by atoms with van der Waals surface area (Å²) >= 11 is 13.4. The van der Waals surface area contributed by atoms with E-state index in [0.29, 0.717) is 44.2 Å². The molecule has 0 radical (unpaired) electrons. The van der Waals surface area contributed by atoms with Gasteiger partial charge in [-0.1, -0.05) is 35.3 Å². The highest BCUT2D eigenvalue weighted by Gasteiger charge is 2.51. The molecule has 12 heteroatoms. The van der Waals surface area contributed by atoms with E-state index in [1.807, 2.05) is 24.3 Å². The number of carboxylic acids is 1. The SMILES string of the molecule is O=C(O)C(c1ncn2c1CC(F)C2)n1cc2c(Cl)cc(-c3ccc(OCCN4CC5(CC(O)C5)C4)cc3)c(Cl)c2n1. The summed E-state index contributed by atoms with van der Waals surface area (Å²) in [6, 6.07) is 8.03. The van der Waals surface area contributed by atoms with Crippen LogP contribution in [-0.4, -0.2) is 78.9 Å². The van der Waals surface area contributed by atoms with Gasteiger partial charge >= 0.3 is 5.97 Å². The number of hydrogen-bond acceptors (Lipinski definition) is 6. The van der Waals surface area contributed by atoms with Crippen LogP contribution in [0, 0.1) is 5.41 Å². The third-order valence-corrected chi connectivity index (χ3v) is 9.24. The lowest BCUT2D eigenvalue weighted by molar-refractivity contribution is -0.140. The van der Waals surface area contributed by atoms with Crippen LogP contribution in [0.25, 0.3) is 22.0 Å². The van der Waals surface area contributed by atoms with Gasteiger partial charge in [-0.15, -0.1) is 0 Å². The lowest BCUT2D eigenvalue weighted by atomic mass is 9.62. The van der Waals surface area contributed by atoms with Crippen molar-refractivity contribution >= 4 is 40.1 Å². The van der Waals surface area contributed by atoms with Crippen molar-refractivity contribution in [3.05, 3.63) is 64.3 Å². The number of rotatable bonds is 8. The van der Waals surface area contributed by atoms with E-state index in [9.17, 15) is 19.4 Å². The van der Waals surface area contributed by atoms with Crippen molar-refractivity contribution in [2.45, 2.75) is 44.1 Å². The van der Waals surface area contributed by atoms with Crippen molar-refractivity contribution in [3.63, 3.8) is 0 Å². The maximum atomic E-state index is 14.0. The molecule has 3 aliphatic rings. The minimum Gasteiger partial charge on any atom is -0.492 e. The first-order valence-electron chi connectivity index (χ1n) is 13.6. The first kappa shape index (κ1) is 26.7. The van der Waals surface area contributed by atoms with Crippen LogP contribution >= 0.6 is 23.2 Å². The van der Waals surface area contributed by atoms with E-state index in [-0.39, 0.29) is 24.8 Å². The molecule has 4 heterocycles. The molecule has 41 heavy (non-hydrogen) atoms. The number of ether oxygens (including phenoxy) is 1. The quantitative estimate of drug-likeness (QED) is 0.304. The highest BCUT2D eigenvalue weighted by atomic mass is 35.5. The summed E-state index contributed by atoms with van der Waals surface area (Å²) in [5, 5.41) is 25.4. The summed E-state index contributed by atoms with van der Waals surface area (Å²) in [6.07, 6.45) is 3.75. The van der Waals surface area contributed by atoms with Gasteiger partial charge in [0.05, 0.1) is 34.7 Å². The Bertz CT molecular complexity index is 1640. The second-order valence-corrected chi connectivity index (χ2v) is 12.3. The Morgan fingerprint density at radius 1 is 1.22 bits per heavy atom. The van der Waals surface area contributed by atoms with Crippen LogP contribution in [0.4, 0.5) is 4.39 Å². The fourth-order valence-corrected chi connectivity index (χ4v) is 7.17. The van der Waals surface area contributed by atoms with Gasteiger partial charge in [-0.05, 0) is 36.6 Å². The van der Waals surface area contributed by atoms with Crippen LogP contribution in [0.3, 0.4) is 0 Å². The van der Waals surface area contributed by atoms with Crippen molar-refractivity contribution in [2.75, 3.05) is 26.2 Å². The number of nitrogens with zero attached hydrogens (tertiary/aromatic N) is 5. The van der Waals surface area contributed by atoms with Crippen molar-refractivity contribution in [1.29, 1.82) is 0 Å². The van der Waals surface area contributed by atoms with Gasteiger partial charge in [0.2, 0.25) is 0 Å². The molecule has 7 rings (SSSR count). The molecule has 1 saturated heterocycles. The van der Waals surface area contributed by atoms with Crippen molar-refractivity contribution in [2.24, 2.45) is 5.41 Å². The molecule has 2 aliphatic heterocycles. The molecule has 214 valence electrons. The Hall–Kier alpha value is -3.18. The molecule has 9 nitrogen and oxygen atoms in total. The van der Waals surface area contributed by atoms with Gasteiger partial charge in [0.25, 0.3) is 0 Å². The van der Waals surface area contributed by atoms with E-state index in [2.05, 4.69) is 15.0 Å². The molecule has 2 fully saturated rings. The van der Waals surface area contributed by atoms with E-state index >= 15 is 0 Å². The number of aromatic nitrogens is 4. The number of aliphatic carboxylic acids is 1. The Morgan fingerprint density at radius 3 is 2.68 bits per heavy atom. The summed E-state index contributed by atoms with van der Waals surface area (Å²) in [4.78, 5) is 19.0. The predicted molar refractivity (Wildman–Crippen MR) is 151 cm³/mol. The topological polar surface area (TPSA) is 106 Å². The van der Waals surface area contributed by atoms with Crippen molar-refractivity contribution < 1.29 is 24.1 Å². The molecule has 1 aliphatic carbocycles. The second-order valence-electron chi connectivity index (χ2n) is 11.5. The molecule has 2 N–H and O–H groups in total. The van der Waals surface area contributed by atoms with Gasteiger partial charge in [-0.2, -0.15) is 5.10 Å². The summed E-state index contributed by atoms with van der Waals surface area (Å²) < 4.78 is 22.9. The molecule has 0 bridgehead atoms. The number of carbonyl (C=O) groups is 1. The molecule has 2 aromatic carbocycles. The maximum Gasteiger partial charge on any atom is 0.334 e. The molecule has 2 atom stereocenters. The van der Waals surface area contributed by atoms with Crippen molar-refractivity contribution in [3.8, 4) is 16.9 Å². The largest absolute Gasteiger partial charge is 0.492 e. The van der Waals surface area contributed by atoms with Gasteiger partial charge in [0.1, 0.15) is 24.0 Å². The zero-order valence-corrected chi connectivity index (χ0v) is 23.5. The zero-order valence-electron chi connectivity index (χ0n) is 22.0. The minimum absolute atomic E-state index is 0.106. The van der Waals surface area contributed by atoms with Gasteiger partial charge in [0.15, 0.2) is 6.04 Å². The van der Waals surface area contributed by atoms with E-state index in [1.54, 1.807) is 16.8 Å². The number of fused-ring (bicyclic) bond motifs is 2. The van der Waals surface area contributed by atoms with Gasteiger partial charge in [0, 0.05) is 54.3 Å². The van der Waals surface area contributed by atoms with Crippen molar-refractivity contribution in [1.82, 2.24) is 24.2 Å². The Labute approximate surface area is 245 Å². The summed E-state index contributed by atoms with van der Waals surface area (Å²) in [5.41, 5.74) is 2.98. The average molecular weight is 600 g/mol. The lowest BCUT2D eigenvalue weighted by Gasteiger charge is -2.57. The van der Waals surface area contributed by atoms with E-state index < -0.39 is 18.2 Å². The first-order valence-corrected chi connectivity index (χ1v) is 14.4. The smallest absolute Gasteiger partial charge is 0.334 e. The standard InChI is InChI=1S/C29H28Cl2FN5O4/c30-22-8-20(16-1-3-19(4-2-16)41-6-5-35-13-29(14-35)9-18(38)10-29)24(31)25-21(22)12-37(34-25)27(28(39)40)26-23-7-17(32)11-36(23)15-33-26/h1-4,8,12,15,17-18,27,38H,5-7,9-11,13-14H2,(H,39,40). The maximum absolute atomic E-state index is 14.0. The third kappa shape index (κ3) is 4.67. The van der Waals surface area contributed by atoms with E-state index in [0.717, 1.165) is 43.8 Å². The zero-order chi connectivity index (χ0) is 28.5. The Balaban J connectivity index is 1.09. The molecule has 0 amide bonds. The molecule has 1 saturated carbocycles. The van der Waals surface area contributed by atoms with Crippen LogP contribution in [-0.2, 0) is 17.8 Å². The molecule has 4 aromatic rings. The molecular weight excluding hydrogens is 572 g/mol. The monoisotopic (exact) mass is 599 g/mol. The van der Waals surface area contributed by atoms with E-state index in [4.69, 9.17) is 27.9 Å². The highest BCUT2D eigenvalue weighted by molar-refractivity contribution is 6.42. The number of imidazole rings is 1. The number of alkyl halides is 1. The summed E-state index contributed by atoms with van der Waals surface area (Å²) in [7, 11) is 0. The molecule has 2 unspecified atom stereocenters. The Morgan fingerprint density at radius 2 is 1.98 bits per heavy atom. The number of halogens is 3. The second kappa shape index (κ2) is 9.97. The normalized spacial score (nSPS) is 20.6. The van der Waals surface area contributed by atoms with Crippen LogP contribution in [0.15, 0.2) is 42.9 Å². The predicted octanol–water partition coefficient (Wildman–Crippen LogP) is 4.61. The summed E-state index contributed by atoms with van der Waals surface area (Å²) in [5.74, 6) is -0.428. The Kier molecular flexibility index (Phi) is 6.50. The van der Waals surface area contributed by atoms with Gasteiger partial charge < -0.3 is 19.5 Å². The number of aliphatic hydroxyl groups is 1. The van der Waals surface area contributed by atoms with Crippen LogP contribution in [0.5, 0.6) is 5.75 Å². The lowest BCUT2D eigenvalue weighted by Crippen LogP contribution is -2.64. The highest BCUT2D eigenvalue weighted by Crippen LogP contribution is 2.48. The first-order chi connectivity index (χ1) is 19.7. The number of hydrogen-bond donors (Lipinski definition) is 2. The summed E-state index contributed by atoms with van der Waals surface area (Å²) in [6.45, 7) is 3.63. The van der Waals surface area contributed by atoms with E-state index in [1.165, 1.54) is 11.0 Å². The number of likely N-dealkylation sites (tertiary alicyclic amines) is 1. The number of carboxylic acid groups (broad SMARTS) is 1. The van der Waals surface area contributed by atoms with Gasteiger partial charge in [-0.3, -0.25) is 9.58 Å². The minimum atomic E-state index is -1.25. The fourth-order valence-electron chi connectivity index (χ4n) is 6.62. The van der Waals surface area contributed by atoms with Crippen LogP contribution in [0.1, 0.15) is 30.3 Å². The number of aliphatic hydroxyl groups excluding tert-OH is 1. The van der Waals surface area contributed by atoms with Crippen LogP contribution < -0.4 is 4.74 Å².